The van der Waals surface area contributed by atoms with Gasteiger partial charge in [0.2, 0.25) is 0 Å². The zero-order valence-corrected chi connectivity index (χ0v) is 9.22. The highest BCUT2D eigenvalue weighted by Gasteiger charge is 2.35. The van der Waals surface area contributed by atoms with Gasteiger partial charge in [-0.2, -0.15) is 0 Å². The standard InChI is InChI=1S/C11H10N2.C2H6/c1-4-12-11(13-5-1)9-3-2-8-6-10(8)7-9;1-2/h1-5,7-8,10H,6H2;1-2H3. The van der Waals surface area contributed by atoms with E-state index in [1.807, 2.05) is 19.9 Å². The molecule has 0 radical (unpaired) electrons. The maximum absolute atomic E-state index is 4.22. The first-order valence-corrected chi connectivity index (χ1v) is 5.61. The van der Waals surface area contributed by atoms with Crippen molar-refractivity contribution in [1.82, 2.24) is 9.97 Å². The van der Waals surface area contributed by atoms with Gasteiger partial charge in [-0.05, 0) is 24.3 Å². The van der Waals surface area contributed by atoms with Crippen molar-refractivity contribution in [1.29, 1.82) is 0 Å². The van der Waals surface area contributed by atoms with Gasteiger partial charge in [-0.15, -0.1) is 0 Å². The molecule has 1 heterocycles. The van der Waals surface area contributed by atoms with E-state index in [1.54, 1.807) is 12.4 Å². The van der Waals surface area contributed by atoms with Crippen molar-refractivity contribution in [2.45, 2.75) is 20.3 Å². The SMILES string of the molecule is C1=CC2CC2C=C1c1ncccn1.CC. The highest BCUT2D eigenvalue weighted by atomic mass is 14.9. The molecule has 1 fully saturated rings. The predicted molar refractivity (Wildman–Crippen MR) is 62.1 cm³/mol. The molecule has 0 aliphatic heterocycles. The Morgan fingerprint density at radius 3 is 2.53 bits per heavy atom. The van der Waals surface area contributed by atoms with E-state index in [2.05, 4.69) is 28.2 Å². The fraction of sp³-hybridized carbons (Fsp3) is 0.385. The van der Waals surface area contributed by atoms with E-state index < -0.39 is 0 Å². The van der Waals surface area contributed by atoms with Crippen LogP contribution in [-0.2, 0) is 0 Å². The van der Waals surface area contributed by atoms with Gasteiger partial charge in [-0.3, -0.25) is 0 Å². The minimum Gasteiger partial charge on any atom is -0.237 e. The van der Waals surface area contributed by atoms with E-state index in [4.69, 9.17) is 0 Å². The molecule has 1 aromatic heterocycles. The van der Waals surface area contributed by atoms with E-state index in [0.29, 0.717) is 0 Å². The number of hydrogen-bond acceptors (Lipinski definition) is 2. The number of fused-ring (bicyclic) bond motifs is 1. The maximum atomic E-state index is 4.22. The quantitative estimate of drug-likeness (QED) is 0.696. The molecule has 15 heavy (non-hydrogen) atoms. The molecule has 2 aliphatic carbocycles. The van der Waals surface area contributed by atoms with E-state index in [-0.39, 0.29) is 0 Å². The smallest absolute Gasteiger partial charge is 0.158 e. The normalized spacial score (nSPS) is 25.9. The third-order valence-electron chi connectivity index (χ3n) is 2.63. The molecule has 1 aromatic rings. The Kier molecular flexibility index (Phi) is 2.95. The van der Waals surface area contributed by atoms with Crippen LogP contribution in [0.15, 0.2) is 36.7 Å². The molecule has 2 heteroatoms. The van der Waals surface area contributed by atoms with Gasteiger partial charge in [0, 0.05) is 18.0 Å². The van der Waals surface area contributed by atoms with Crippen molar-refractivity contribution < 1.29 is 0 Å². The fourth-order valence-corrected chi connectivity index (χ4v) is 1.76. The molecule has 2 atom stereocenters. The number of nitrogens with zero attached hydrogens (tertiary/aromatic N) is 2. The Bertz CT molecular complexity index is 379. The molecule has 1 saturated carbocycles. The zero-order chi connectivity index (χ0) is 10.7. The van der Waals surface area contributed by atoms with Gasteiger partial charge in [0.25, 0.3) is 0 Å². The van der Waals surface area contributed by atoms with Crippen LogP contribution in [0.1, 0.15) is 26.1 Å². The Balaban J connectivity index is 0.000000404. The maximum Gasteiger partial charge on any atom is 0.158 e. The van der Waals surface area contributed by atoms with Crippen LogP contribution in [0.25, 0.3) is 5.57 Å². The van der Waals surface area contributed by atoms with Crippen LogP contribution in [-0.4, -0.2) is 9.97 Å². The third kappa shape index (κ3) is 2.14. The predicted octanol–water partition coefficient (Wildman–Crippen LogP) is 3.09. The molecule has 2 aliphatic rings. The summed E-state index contributed by atoms with van der Waals surface area (Å²) >= 11 is 0. The Morgan fingerprint density at radius 2 is 1.87 bits per heavy atom. The molecule has 0 saturated heterocycles. The average molecular weight is 200 g/mol. The Morgan fingerprint density at radius 1 is 1.13 bits per heavy atom. The molecule has 0 N–H and O–H groups in total. The van der Waals surface area contributed by atoms with E-state index >= 15 is 0 Å². The third-order valence-corrected chi connectivity index (χ3v) is 2.63. The van der Waals surface area contributed by atoms with Gasteiger partial charge in [0.05, 0.1) is 0 Å². The summed E-state index contributed by atoms with van der Waals surface area (Å²) in [5.41, 5.74) is 1.18. The number of hydrogen-bond donors (Lipinski definition) is 0. The van der Waals surface area contributed by atoms with Crippen molar-refractivity contribution in [2.24, 2.45) is 11.8 Å². The van der Waals surface area contributed by atoms with Crippen LogP contribution in [0.2, 0.25) is 0 Å². The van der Waals surface area contributed by atoms with E-state index in [0.717, 1.165) is 17.7 Å². The number of aromatic nitrogens is 2. The number of rotatable bonds is 1. The largest absolute Gasteiger partial charge is 0.237 e. The van der Waals surface area contributed by atoms with Crippen molar-refractivity contribution in [3.8, 4) is 0 Å². The van der Waals surface area contributed by atoms with Crippen LogP contribution in [0.4, 0.5) is 0 Å². The molecule has 0 bridgehead atoms. The summed E-state index contributed by atoms with van der Waals surface area (Å²) in [6.45, 7) is 4.00. The van der Waals surface area contributed by atoms with Crippen molar-refractivity contribution >= 4 is 5.57 Å². The first-order chi connectivity index (χ1) is 7.43. The molecule has 2 unspecified atom stereocenters. The van der Waals surface area contributed by atoms with Gasteiger partial charge in [0.1, 0.15) is 0 Å². The van der Waals surface area contributed by atoms with Crippen molar-refractivity contribution in [3.63, 3.8) is 0 Å². The molecule has 3 rings (SSSR count). The molecule has 2 nitrogen and oxygen atoms in total. The van der Waals surface area contributed by atoms with Crippen LogP contribution >= 0.6 is 0 Å². The van der Waals surface area contributed by atoms with Crippen LogP contribution in [0.3, 0.4) is 0 Å². The Hall–Kier alpha value is -1.44. The van der Waals surface area contributed by atoms with Gasteiger partial charge in [-0.1, -0.05) is 32.1 Å². The average Bonchev–Trinajstić information content (AvgIpc) is 3.11. The first-order valence-electron chi connectivity index (χ1n) is 5.61. The van der Waals surface area contributed by atoms with Crippen LogP contribution in [0.5, 0.6) is 0 Å². The summed E-state index contributed by atoms with van der Waals surface area (Å²) in [5.74, 6) is 2.43. The highest BCUT2D eigenvalue weighted by Crippen LogP contribution is 2.45. The monoisotopic (exact) mass is 200 g/mol. The second kappa shape index (κ2) is 4.39. The zero-order valence-electron chi connectivity index (χ0n) is 9.22. The van der Waals surface area contributed by atoms with Crippen molar-refractivity contribution in [2.75, 3.05) is 0 Å². The summed E-state index contributed by atoms with van der Waals surface area (Å²) in [7, 11) is 0. The summed E-state index contributed by atoms with van der Waals surface area (Å²) in [6, 6.07) is 1.84. The highest BCUT2D eigenvalue weighted by molar-refractivity contribution is 5.71. The van der Waals surface area contributed by atoms with Crippen molar-refractivity contribution in [3.05, 3.63) is 42.5 Å². The lowest BCUT2D eigenvalue weighted by Gasteiger charge is -2.03. The minimum absolute atomic E-state index is 0.767. The van der Waals surface area contributed by atoms with Crippen LogP contribution < -0.4 is 0 Å². The Labute approximate surface area is 90.8 Å². The van der Waals surface area contributed by atoms with Gasteiger partial charge in [0.15, 0.2) is 5.82 Å². The van der Waals surface area contributed by atoms with E-state index in [1.165, 1.54) is 12.0 Å². The van der Waals surface area contributed by atoms with E-state index in [9.17, 15) is 0 Å². The molecule has 0 spiro atoms. The summed E-state index contributed by atoms with van der Waals surface area (Å²) in [5, 5.41) is 0. The molecule has 0 aromatic carbocycles. The molecule has 0 amide bonds. The van der Waals surface area contributed by atoms with Crippen LogP contribution in [0, 0.1) is 11.8 Å². The summed E-state index contributed by atoms with van der Waals surface area (Å²) < 4.78 is 0. The first kappa shape index (κ1) is 10.1. The summed E-state index contributed by atoms with van der Waals surface area (Å²) in [4.78, 5) is 8.45. The topological polar surface area (TPSA) is 25.8 Å². The number of allylic oxidation sites excluding steroid dienone is 4. The molecular weight excluding hydrogens is 184 g/mol. The lowest BCUT2D eigenvalue weighted by molar-refractivity contribution is 0.976. The van der Waals surface area contributed by atoms with Gasteiger partial charge < -0.3 is 0 Å². The lowest BCUT2D eigenvalue weighted by Crippen LogP contribution is -1.93. The minimum atomic E-state index is 0.767. The van der Waals surface area contributed by atoms with Gasteiger partial charge >= 0.3 is 0 Å². The fourth-order valence-electron chi connectivity index (χ4n) is 1.76. The lowest BCUT2D eigenvalue weighted by atomic mass is 10.1. The van der Waals surface area contributed by atoms with Gasteiger partial charge in [-0.25, -0.2) is 9.97 Å². The second-order valence-corrected chi connectivity index (χ2v) is 3.62. The molecule has 78 valence electrons. The molecular formula is C13H16N2. The second-order valence-electron chi connectivity index (χ2n) is 3.62. The summed E-state index contributed by atoms with van der Waals surface area (Å²) in [6.07, 6.45) is 11.6.